The van der Waals surface area contributed by atoms with E-state index < -0.39 is 18.5 Å². The molecule has 2 aliphatic heterocycles. The maximum atomic E-state index is 12.3. The summed E-state index contributed by atoms with van der Waals surface area (Å²) in [5.74, 6) is 0.420. The standard InChI is InChI=1S/C17H18N2O4S2/c20-14-6-3-8-19(14)15(21)10-23-16(22)13-5-2-1-4-12(13)11-25-17-18-7-9-24-17/h1-2,4-5H,3,6-11H2. The molecule has 0 radical (unpaired) electrons. The second kappa shape index (κ2) is 8.53. The van der Waals surface area contributed by atoms with Gasteiger partial charge >= 0.3 is 5.97 Å². The van der Waals surface area contributed by atoms with Crippen LogP contribution in [0.3, 0.4) is 0 Å². The monoisotopic (exact) mass is 378 g/mol. The van der Waals surface area contributed by atoms with E-state index in [2.05, 4.69) is 4.99 Å². The van der Waals surface area contributed by atoms with Crippen LogP contribution in [-0.2, 0) is 20.1 Å². The van der Waals surface area contributed by atoms with Gasteiger partial charge in [0.15, 0.2) is 6.61 Å². The Kier molecular flexibility index (Phi) is 6.14. The number of hydrogen-bond donors (Lipinski definition) is 0. The number of likely N-dealkylation sites (tertiary alicyclic amines) is 1. The highest BCUT2D eigenvalue weighted by Gasteiger charge is 2.27. The van der Waals surface area contributed by atoms with E-state index in [9.17, 15) is 14.4 Å². The number of aliphatic imine (C=N–C) groups is 1. The Morgan fingerprint density at radius 2 is 2.16 bits per heavy atom. The Morgan fingerprint density at radius 3 is 2.88 bits per heavy atom. The zero-order chi connectivity index (χ0) is 17.6. The molecule has 2 heterocycles. The highest BCUT2D eigenvalue weighted by molar-refractivity contribution is 8.38. The number of esters is 1. The Morgan fingerprint density at radius 1 is 1.32 bits per heavy atom. The first-order valence-corrected chi connectivity index (χ1v) is 10.0. The molecular weight excluding hydrogens is 360 g/mol. The SMILES string of the molecule is O=C(OCC(=O)N1CCCC1=O)c1ccccc1CSC1=NCCS1. The van der Waals surface area contributed by atoms with Crippen LogP contribution in [-0.4, -0.2) is 52.5 Å². The van der Waals surface area contributed by atoms with Crippen LogP contribution in [0, 0.1) is 0 Å². The molecule has 0 saturated carbocycles. The highest BCUT2D eigenvalue weighted by Crippen LogP contribution is 2.26. The third-order valence-electron chi connectivity index (χ3n) is 3.85. The first-order valence-electron chi connectivity index (χ1n) is 8.03. The molecule has 1 saturated heterocycles. The summed E-state index contributed by atoms with van der Waals surface area (Å²) in [6, 6.07) is 7.19. The van der Waals surface area contributed by atoms with Crippen LogP contribution in [0.4, 0.5) is 0 Å². The summed E-state index contributed by atoms with van der Waals surface area (Å²) >= 11 is 3.32. The molecule has 1 aromatic rings. The van der Waals surface area contributed by atoms with Crippen molar-refractivity contribution in [3.63, 3.8) is 0 Å². The predicted octanol–water partition coefficient (Wildman–Crippen LogP) is 2.33. The Bertz CT molecular complexity index is 720. The number of nitrogens with zero attached hydrogens (tertiary/aromatic N) is 2. The number of carbonyl (C=O) groups excluding carboxylic acids is 3. The zero-order valence-electron chi connectivity index (χ0n) is 13.6. The van der Waals surface area contributed by atoms with Gasteiger partial charge in [0.25, 0.3) is 5.91 Å². The molecule has 0 atom stereocenters. The minimum atomic E-state index is -0.544. The summed E-state index contributed by atoms with van der Waals surface area (Å²) in [7, 11) is 0. The van der Waals surface area contributed by atoms with Gasteiger partial charge in [0.2, 0.25) is 5.91 Å². The van der Waals surface area contributed by atoms with Gasteiger partial charge in [-0.15, -0.1) is 0 Å². The largest absolute Gasteiger partial charge is 0.452 e. The number of hydrogen-bond acceptors (Lipinski definition) is 7. The van der Waals surface area contributed by atoms with Crippen LogP contribution in [0.15, 0.2) is 29.3 Å². The van der Waals surface area contributed by atoms with E-state index in [4.69, 9.17) is 4.74 Å². The van der Waals surface area contributed by atoms with Gasteiger partial charge in [0.05, 0.1) is 12.1 Å². The molecule has 0 N–H and O–H groups in total. The number of rotatable bonds is 5. The van der Waals surface area contributed by atoms with Crippen molar-refractivity contribution >= 4 is 45.7 Å². The fraction of sp³-hybridized carbons (Fsp3) is 0.412. The van der Waals surface area contributed by atoms with Gasteiger partial charge < -0.3 is 4.74 Å². The van der Waals surface area contributed by atoms with Crippen molar-refractivity contribution in [2.45, 2.75) is 18.6 Å². The van der Waals surface area contributed by atoms with Crippen molar-refractivity contribution in [1.82, 2.24) is 4.90 Å². The molecule has 6 nitrogen and oxygen atoms in total. The molecule has 1 fully saturated rings. The van der Waals surface area contributed by atoms with Gasteiger partial charge in [-0.25, -0.2) is 4.79 Å². The Hall–Kier alpha value is -1.80. The molecule has 2 aliphatic rings. The Labute approximate surface area is 154 Å². The van der Waals surface area contributed by atoms with Gasteiger partial charge in [-0.3, -0.25) is 19.5 Å². The summed E-state index contributed by atoms with van der Waals surface area (Å²) in [6.07, 6.45) is 1.04. The van der Waals surface area contributed by atoms with Gasteiger partial charge in [0.1, 0.15) is 4.38 Å². The van der Waals surface area contributed by atoms with Crippen LogP contribution >= 0.6 is 23.5 Å². The molecule has 0 unspecified atom stereocenters. The summed E-state index contributed by atoms with van der Waals surface area (Å²) in [6.45, 7) is 0.838. The van der Waals surface area contributed by atoms with Crippen LogP contribution in [0.5, 0.6) is 0 Å². The van der Waals surface area contributed by atoms with E-state index in [0.717, 1.165) is 27.1 Å². The number of amides is 2. The van der Waals surface area contributed by atoms with Crippen molar-refractivity contribution in [3.8, 4) is 0 Å². The number of thioether (sulfide) groups is 2. The lowest BCUT2D eigenvalue weighted by atomic mass is 10.1. The number of benzene rings is 1. The Balaban J connectivity index is 1.57. The lowest BCUT2D eigenvalue weighted by Gasteiger charge is -2.14. The summed E-state index contributed by atoms with van der Waals surface area (Å²) in [4.78, 5) is 41.4. The van der Waals surface area contributed by atoms with Gasteiger partial charge in [-0.2, -0.15) is 0 Å². The van der Waals surface area contributed by atoms with Crippen LogP contribution in [0.1, 0.15) is 28.8 Å². The maximum absolute atomic E-state index is 12.3. The highest BCUT2D eigenvalue weighted by atomic mass is 32.2. The first-order chi connectivity index (χ1) is 12.1. The maximum Gasteiger partial charge on any atom is 0.338 e. The topological polar surface area (TPSA) is 76.0 Å². The molecule has 0 aromatic heterocycles. The number of ether oxygens (including phenoxy) is 1. The quantitative estimate of drug-likeness (QED) is 0.732. The minimum absolute atomic E-state index is 0.201. The molecule has 132 valence electrons. The van der Waals surface area contributed by atoms with Gasteiger partial charge in [-0.1, -0.05) is 41.7 Å². The molecule has 0 spiro atoms. The number of imide groups is 1. The zero-order valence-corrected chi connectivity index (χ0v) is 15.2. The van der Waals surface area contributed by atoms with E-state index >= 15 is 0 Å². The van der Waals surface area contributed by atoms with Crippen LogP contribution < -0.4 is 0 Å². The van der Waals surface area contributed by atoms with E-state index in [0.29, 0.717) is 30.7 Å². The number of carbonyl (C=O) groups is 3. The predicted molar refractivity (Wildman–Crippen MR) is 98.7 cm³/mol. The van der Waals surface area contributed by atoms with E-state index in [1.54, 1.807) is 35.7 Å². The van der Waals surface area contributed by atoms with Crippen molar-refractivity contribution in [2.24, 2.45) is 4.99 Å². The first kappa shape index (κ1) is 18.0. The fourth-order valence-electron chi connectivity index (χ4n) is 2.58. The third kappa shape index (κ3) is 4.64. The summed E-state index contributed by atoms with van der Waals surface area (Å²) in [5.41, 5.74) is 1.29. The van der Waals surface area contributed by atoms with Crippen molar-refractivity contribution in [1.29, 1.82) is 0 Å². The summed E-state index contributed by atoms with van der Waals surface area (Å²) in [5, 5.41) is 0. The lowest BCUT2D eigenvalue weighted by molar-refractivity contribution is -0.143. The molecule has 3 rings (SSSR count). The van der Waals surface area contributed by atoms with Gasteiger partial charge in [-0.05, 0) is 18.1 Å². The molecule has 1 aromatic carbocycles. The summed E-state index contributed by atoms with van der Waals surface area (Å²) < 4.78 is 6.17. The molecule has 2 amide bonds. The molecular formula is C17H18N2O4S2. The van der Waals surface area contributed by atoms with Crippen LogP contribution in [0.25, 0.3) is 0 Å². The van der Waals surface area contributed by atoms with E-state index in [-0.39, 0.29) is 5.91 Å². The second-order valence-electron chi connectivity index (χ2n) is 5.56. The van der Waals surface area contributed by atoms with Crippen molar-refractivity contribution in [2.75, 3.05) is 25.4 Å². The second-order valence-corrected chi connectivity index (χ2v) is 7.87. The third-order valence-corrected chi connectivity index (χ3v) is 6.15. The minimum Gasteiger partial charge on any atom is -0.452 e. The molecule has 0 bridgehead atoms. The lowest BCUT2D eigenvalue weighted by Crippen LogP contribution is -2.35. The van der Waals surface area contributed by atoms with E-state index in [1.165, 1.54) is 0 Å². The normalized spacial score (nSPS) is 16.9. The molecule has 0 aliphatic carbocycles. The molecule has 8 heteroatoms. The smallest absolute Gasteiger partial charge is 0.338 e. The van der Waals surface area contributed by atoms with Gasteiger partial charge in [0, 0.05) is 24.5 Å². The van der Waals surface area contributed by atoms with E-state index in [1.807, 2.05) is 12.1 Å². The average molecular weight is 378 g/mol. The van der Waals surface area contributed by atoms with Crippen LogP contribution in [0.2, 0.25) is 0 Å². The van der Waals surface area contributed by atoms with Crippen molar-refractivity contribution in [3.05, 3.63) is 35.4 Å². The van der Waals surface area contributed by atoms with Crippen molar-refractivity contribution < 1.29 is 19.1 Å². The fourth-order valence-corrected chi connectivity index (χ4v) is 4.60. The average Bonchev–Trinajstić information content (AvgIpc) is 3.29. The molecule has 25 heavy (non-hydrogen) atoms.